The number of rotatable bonds is 14. The number of alkyl halides is 1. The number of aliphatic hydroxyl groups is 6. The molecule has 1 amide bonds. The first-order valence-corrected chi connectivity index (χ1v) is 13.3. The monoisotopic (exact) mass is 569 g/mol. The molecule has 0 aliphatic carbocycles. The first-order chi connectivity index (χ1) is 19.1. The average Bonchev–Trinajstić information content (AvgIpc) is 3.35. The largest absolute Gasteiger partial charge is 0.443 e. The van der Waals surface area contributed by atoms with E-state index in [4.69, 9.17) is 9.47 Å². The van der Waals surface area contributed by atoms with Gasteiger partial charge in [0.1, 0.15) is 23.9 Å². The highest BCUT2D eigenvalue weighted by molar-refractivity contribution is 5.76. The number of hydrogen-bond acceptors (Lipinski definition) is 10. The predicted octanol–water partition coefficient (Wildman–Crippen LogP) is -0.566. The molecule has 0 saturated carbocycles. The fourth-order valence-electron chi connectivity index (χ4n) is 4.46. The summed E-state index contributed by atoms with van der Waals surface area (Å²) in [6, 6.07) is 7.71. The maximum absolute atomic E-state index is 14.1. The number of aliphatic hydroxyl groups excluding tert-OH is 6. The van der Waals surface area contributed by atoms with Crippen LogP contribution >= 0.6 is 0 Å². The third-order valence-electron chi connectivity index (χ3n) is 7.05. The molecule has 2 heterocycles. The number of H-pyrrole nitrogens is 1. The van der Waals surface area contributed by atoms with Gasteiger partial charge in [-0.25, -0.2) is 4.39 Å². The van der Waals surface area contributed by atoms with Gasteiger partial charge in [-0.3, -0.25) is 9.89 Å². The first-order valence-electron chi connectivity index (χ1n) is 13.3. The number of amides is 1. The van der Waals surface area contributed by atoms with Gasteiger partial charge in [-0.05, 0) is 29.9 Å². The SMILES string of the molecule is CC(C)c1[nH]nc(O[C@@H]2O[C@H](CO)[C@@H](F)[C@H](O)[C@H]2O)c1Cc1ccc(CCCC(=O)NC(CO)(CO)CO)cc1. The Bertz CT molecular complexity index is 1070. The van der Waals surface area contributed by atoms with E-state index < -0.39 is 62.7 Å². The molecule has 0 spiro atoms. The van der Waals surface area contributed by atoms with Crippen LogP contribution in [0.2, 0.25) is 0 Å². The van der Waals surface area contributed by atoms with E-state index in [1.165, 1.54) is 0 Å². The van der Waals surface area contributed by atoms with Gasteiger partial charge in [-0.2, -0.15) is 0 Å². The van der Waals surface area contributed by atoms with E-state index in [0.717, 1.165) is 16.8 Å². The number of nitrogens with zero attached hydrogens (tertiary/aromatic N) is 1. The zero-order valence-electron chi connectivity index (χ0n) is 22.7. The molecule has 2 aromatic rings. The summed E-state index contributed by atoms with van der Waals surface area (Å²) < 4.78 is 25.2. The van der Waals surface area contributed by atoms with Crippen molar-refractivity contribution in [3.8, 4) is 5.88 Å². The zero-order valence-corrected chi connectivity index (χ0v) is 22.7. The first kappa shape index (κ1) is 31.9. The number of aryl methyl sites for hydroxylation is 1. The van der Waals surface area contributed by atoms with E-state index in [0.29, 0.717) is 24.8 Å². The van der Waals surface area contributed by atoms with Crippen molar-refractivity contribution < 1.29 is 49.3 Å². The minimum absolute atomic E-state index is 0.0507. The lowest BCUT2D eigenvalue weighted by Crippen LogP contribution is -2.58. The molecule has 3 rings (SSSR count). The minimum Gasteiger partial charge on any atom is -0.443 e. The van der Waals surface area contributed by atoms with Crippen molar-refractivity contribution in [2.45, 2.75) is 81.8 Å². The Kier molecular flexibility index (Phi) is 11.4. The van der Waals surface area contributed by atoms with E-state index in [2.05, 4.69) is 15.5 Å². The van der Waals surface area contributed by atoms with E-state index in [-0.39, 0.29) is 24.1 Å². The third-order valence-corrected chi connectivity index (χ3v) is 7.05. The van der Waals surface area contributed by atoms with Gasteiger partial charge in [-0.1, -0.05) is 38.1 Å². The summed E-state index contributed by atoms with van der Waals surface area (Å²) in [5.74, 6) is -0.196. The van der Waals surface area contributed by atoms with Crippen LogP contribution in [0.1, 0.15) is 55.0 Å². The Balaban J connectivity index is 1.64. The number of aromatic amines is 1. The van der Waals surface area contributed by atoms with Gasteiger partial charge in [-0.15, -0.1) is 5.10 Å². The highest BCUT2D eigenvalue weighted by Crippen LogP contribution is 2.31. The topological polar surface area (TPSA) is 198 Å². The smallest absolute Gasteiger partial charge is 0.238 e. The van der Waals surface area contributed by atoms with Crippen LogP contribution in [0.5, 0.6) is 5.88 Å². The van der Waals surface area contributed by atoms with Crippen LogP contribution in [0.3, 0.4) is 0 Å². The number of ether oxygens (including phenoxy) is 2. The van der Waals surface area contributed by atoms with Crippen molar-refractivity contribution >= 4 is 5.91 Å². The van der Waals surface area contributed by atoms with Crippen molar-refractivity contribution in [2.24, 2.45) is 0 Å². The second kappa shape index (κ2) is 14.3. The van der Waals surface area contributed by atoms with Crippen LogP contribution in [-0.2, 0) is 22.4 Å². The third kappa shape index (κ3) is 7.55. The van der Waals surface area contributed by atoms with E-state index >= 15 is 0 Å². The Morgan fingerprint density at radius 1 is 1.10 bits per heavy atom. The maximum atomic E-state index is 14.1. The van der Waals surface area contributed by atoms with Crippen molar-refractivity contribution in [2.75, 3.05) is 26.4 Å². The zero-order chi connectivity index (χ0) is 29.4. The molecule has 12 nitrogen and oxygen atoms in total. The van der Waals surface area contributed by atoms with Crippen molar-refractivity contribution in [3.05, 3.63) is 46.6 Å². The highest BCUT2D eigenvalue weighted by Gasteiger charge is 2.46. The molecule has 1 aliphatic rings. The second-order valence-electron chi connectivity index (χ2n) is 10.5. The molecule has 0 radical (unpaired) electrons. The lowest BCUT2D eigenvalue weighted by atomic mass is 9.98. The Morgan fingerprint density at radius 2 is 1.73 bits per heavy atom. The number of benzene rings is 1. The van der Waals surface area contributed by atoms with E-state index in [1.54, 1.807) is 0 Å². The molecule has 1 fully saturated rings. The lowest BCUT2D eigenvalue weighted by Gasteiger charge is -2.38. The molecular weight excluding hydrogens is 529 g/mol. The fourth-order valence-corrected chi connectivity index (χ4v) is 4.46. The lowest BCUT2D eigenvalue weighted by molar-refractivity contribution is -0.265. The van der Waals surface area contributed by atoms with Gasteiger partial charge in [0.05, 0.1) is 26.4 Å². The van der Waals surface area contributed by atoms with E-state index in [9.17, 15) is 39.8 Å². The van der Waals surface area contributed by atoms with E-state index in [1.807, 2.05) is 38.1 Å². The molecule has 1 aromatic heterocycles. The van der Waals surface area contributed by atoms with Crippen LogP contribution < -0.4 is 10.1 Å². The molecule has 13 heteroatoms. The molecule has 0 unspecified atom stereocenters. The summed E-state index contributed by atoms with van der Waals surface area (Å²) in [4.78, 5) is 12.2. The molecular formula is C27H40FN3O9. The van der Waals surface area contributed by atoms with Gasteiger partial charge in [0.15, 0.2) is 6.17 Å². The van der Waals surface area contributed by atoms with Crippen LogP contribution in [0.15, 0.2) is 24.3 Å². The molecule has 40 heavy (non-hydrogen) atoms. The summed E-state index contributed by atoms with van der Waals surface area (Å²) >= 11 is 0. The second-order valence-corrected chi connectivity index (χ2v) is 10.5. The molecule has 1 aliphatic heterocycles. The predicted molar refractivity (Wildman–Crippen MR) is 140 cm³/mol. The highest BCUT2D eigenvalue weighted by atomic mass is 19.1. The van der Waals surface area contributed by atoms with Gasteiger partial charge in [0.25, 0.3) is 0 Å². The Hall–Kier alpha value is -2.65. The minimum atomic E-state index is -1.96. The maximum Gasteiger partial charge on any atom is 0.238 e. The molecule has 1 aromatic carbocycles. The van der Waals surface area contributed by atoms with Gasteiger partial charge < -0.3 is 45.4 Å². The molecule has 224 valence electrons. The number of nitrogens with one attached hydrogen (secondary N) is 2. The number of hydrogen-bond donors (Lipinski definition) is 8. The Morgan fingerprint density at radius 3 is 2.30 bits per heavy atom. The van der Waals surface area contributed by atoms with Gasteiger partial charge >= 0.3 is 0 Å². The van der Waals surface area contributed by atoms with Crippen LogP contribution in [0.4, 0.5) is 4.39 Å². The fraction of sp³-hybridized carbons (Fsp3) is 0.630. The Labute approximate surface area is 231 Å². The molecule has 0 bridgehead atoms. The normalized spacial score (nSPS) is 23.4. The number of carbonyl (C=O) groups excluding carboxylic acids is 1. The number of carbonyl (C=O) groups is 1. The summed E-state index contributed by atoms with van der Waals surface area (Å²) in [7, 11) is 0. The standard InChI is InChI=1S/C27H40FN3O9/c1-15(2)22-18(25(31-30-22)40-26-24(38)23(37)21(28)19(11-32)39-26)10-17-8-6-16(7-9-17)4-3-5-20(36)29-27(12-33,13-34)14-35/h6-9,15,19,21,23-24,26,32-35,37-38H,3-5,10-14H2,1-2H3,(H,29,36)(H,30,31)/t19-,21-,23+,24-,26+/m1/s1. The van der Waals surface area contributed by atoms with Crippen LogP contribution in [0, 0.1) is 0 Å². The summed E-state index contributed by atoms with van der Waals surface area (Å²) in [6.07, 6.45) is -6.53. The van der Waals surface area contributed by atoms with Gasteiger partial charge in [0.2, 0.25) is 18.1 Å². The van der Waals surface area contributed by atoms with Gasteiger partial charge in [0, 0.05) is 24.1 Å². The van der Waals surface area contributed by atoms with Crippen molar-refractivity contribution in [1.82, 2.24) is 15.5 Å². The van der Waals surface area contributed by atoms with Crippen molar-refractivity contribution in [1.29, 1.82) is 0 Å². The summed E-state index contributed by atoms with van der Waals surface area (Å²) in [5, 5.41) is 67.4. The van der Waals surface area contributed by atoms with Crippen LogP contribution in [-0.4, -0.2) is 109 Å². The quantitative estimate of drug-likeness (QED) is 0.146. The van der Waals surface area contributed by atoms with Crippen LogP contribution in [0.25, 0.3) is 0 Å². The summed E-state index contributed by atoms with van der Waals surface area (Å²) in [6.45, 7) is 1.51. The molecule has 5 atom stereocenters. The number of halogens is 1. The summed E-state index contributed by atoms with van der Waals surface area (Å²) in [5.41, 5.74) is 1.97. The average molecular weight is 570 g/mol. The van der Waals surface area contributed by atoms with Crippen molar-refractivity contribution in [3.63, 3.8) is 0 Å². The molecule has 1 saturated heterocycles. The number of aromatic nitrogens is 2. The molecule has 8 N–H and O–H groups in total.